The van der Waals surface area contributed by atoms with Crippen molar-refractivity contribution in [1.29, 1.82) is 0 Å². The molecule has 0 spiro atoms. The third-order valence-electron chi connectivity index (χ3n) is 5.85. The second-order valence-electron chi connectivity index (χ2n) is 7.90. The fraction of sp³-hybridized carbons (Fsp3) is 0.375. The zero-order valence-corrected chi connectivity index (χ0v) is 18.9. The summed E-state index contributed by atoms with van der Waals surface area (Å²) in [5.74, 6) is 0.0870. The second-order valence-corrected chi connectivity index (χ2v) is 9.13. The number of amides is 1. The van der Waals surface area contributed by atoms with Crippen molar-refractivity contribution in [3.05, 3.63) is 70.0 Å². The van der Waals surface area contributed by atoms with Crippen molar-refractivity contribution < 1.29 is 22.7 Å². The fourth-order valence-electron chi connectivity index (χ4n) is 4.21. The standard InChI is InChI=1S/C24H26F2N2O3S/c1-15-16(2)32-23(27-22(29)19-7-6-14-30-19)20(15)21(28-12-4-3-5-13-28)17-8-10-18(11-9-17)31-24(25)26/h6-11,14,21,24H,3-5,12-13H2,1-2H3,(H,27,29)/t21-/m0/s1. The van der Waals surface area contributed by atoms with E-state index in [1.165, 1.54) is 12.7 Å². The van der Waals surface area contributed by atoms with Gasteiger partial charge in [0.2, 0.25) is 0 Å². The van der Waals surface area contributed by atoms with E-state index >= 15 is 0 Å². The molecule has 1 aliphatic rings. The predicted octanol–water partition coefficient (Wildman–Crippen LogP) is 6.39. The molecule has 5 nitrogen and oxygen atoms in total. The highest BCUT2D eigenvalue weighted by Gasteiger charge is 2.30. The van der Waals surface area contributed by atoms with Crippen LogP contribution in [-0.4, -0.2) is 30.5 Å². The van der Waals surface area contributed by atoms with Crippen LogP contribution in [0.2, 0.25) is 0 Å². The molecule has 0 bridgehead atoms. The summed E-state index contributed by atoms with van der Waals surface area (Å²) >= 11 is 1.54. The van der Waals surface area contributed by atoms with Gasteiger partial charge in [-0.15, -0.1) is 11.3 Å². The van der Waals surface area contributed by atoms with Crippen LogP contribution in [0.4, 0.5) is 13.8 Å². The number of aryl methyl sites for hydroxylation is 1. The number of furan rings is 1. The van der Waals surface area contributed by atoms with E-state index in [0.717, 1.165) is 52.5 Å². The van der Waals surface area contributed by atoms with Gasteiger partial charge in [0.1, 0.15) is 10.8 Å². The van der Waals surface area contributed by atoms with Gasteiger partial charge in [0.15, 0.2) is 5.76 Å². The van der Waals surface area contributed by atoms with Gasteiger partial charge in [-0.05, 0) is 75.2 Å². The third-order valence-corrected chi connectivity index (χ3v) is 6.99. The minimum absolute atomic E-state index is 0.104. The first-order valence-corrected chi connectivity index (χ1v) is 11.5. The topological polar surface area (TPSA) is 54.7 Å². The Balaban J connectivity index is 1.73. The maximum atomic E-state index is 12.7. The number of carbonyl (C=O) groups is 1. The number of likely N-dealkylation sites (tertiary alicyclic amines) is 1. The van der Waals surface area contributed by atoms with Gasteiger partial charge in [-0.3, -0.25) is 9.69 Å². The maximum Gasteiger partial charge on any atom is 0.387 e. The molecule has 1 atom stereocenters. The molecule has 3 heterocycles. The van der Waals surface area contributed by atoms with E-state index in [9.17, 15) is 13.6 Å². The number of nitrogens with zero attached hydrogens (tertiary/aromatic N) is 1. The molecule has 3 aromatic rings. The Labute approximate surface area is 190 Å². The molecule has 0 unspecified atom stereocenters. The van der Waals surface area contributed by atoms with Crippen LogP contribution in [0.3, 0.4) is 0 Å². The summed E-state index contributed by atoms with van der Waals surface area (Å²) in [5, 5.41) is 3.82. The largest absolute Gasteiger partial charge is 0.459 e. The first-order chi connectivity index (χ1) is 15.4. The molecule has 1 fully saturated rings. The molecule has 4 rings (SSSR count). The normalized spacial score (nSPS) is 15.7. The monoisotopic (exact) mass is 460 g/mol. The Kier molecular flexibility index (Phi) is 6.91. The fourth-order valence-corrected chi connectivity index (χ4v) is 5.29. The predicted molar refractivity (Wildman–Crippen MR) is 121 cm³/mol. The number of carbonyl (C=O) groups excluding carboxylic acids is 1. The van der Waals surface area contributed by atoms with Crippen LogP contribution in [0, 0.1) is 13.8 Å². The molecule has 0 radical (unpaired) electrons. The quantitative estimate of drug-likeness (QED) is 0.444. The molecule has 8 heteroatoms. The van der Waals surface area contributed by atoms with Gasteiger partial charge < -0.3 is 14.5 Å². The van der Waals surface area contributed by atoms with Crippen LogP contribution in [0.25, 0.3) is 0 Å². The number of ether oxygens (including phenoxy) is 1. The van der Waals surface area contributed by atoms with Crippen molar-refractivity contribution in [3.63, 3.8) is 0 Å². The van der Waals surface area contributed by atoms with Crippen molar-refractivity contribution in [2.24, 2.45) is 0 Å². The van der Waals surface area contributed by atoms with Crippen molar-refractivity contribution in [3.8, 4) is 5.75 Å². The Morgan fingerprint density at radius 2 is 1.84 bits per heavy atom. The summed E-state index contributed by atoms with van der Waals surface area (Å²) < 4.78 is 35.0. The average molecular weight is 461 g/mol. The van der Waals surface area contributed by atoms with E-state index in [-0.39, 0.29) is 23.5 Å². The molecule has 0 aliphatic carbocycles. The molecular formula is C24H26F2N2O3S. The molecule has 0 saturated carbocycles. The average Bonchev–Trinajstić information content (AvgIpc) is 3.40. The Morgan fingerprint density at radius 3 is 2.47 bits per heavy atom. The molecule has 1 amide bonds. The molecular weight excluding hydrogens is 434 g/mol. The minimum atomic E-state index is -2.86. The van der Waals surface area contributed by atoms with Gasteiger partial charge in [0.25, 0.3) is 5.91 Å². The van der Waals surface area contributed by atoms with Gasteiger partial charge in [-0.1, -0.05) is 18.6 Å². The SMILES string of the molecule is Cc1sc(NC(=O)c2ccco2)c([C@H](c2ccc(OC(F)F)cc2)N2CCCCC2)c1C. The van der Waals surface area contributed by atoms with E-state index in [2.05, 4.69) is 21.9 Å². The highest BCUT2D eigenvalue weighted by molar-refractivity contribution is 7.16. The van der Waals surface area contributed by atoms with Crippen molar-refractivity contribution in [2.75, 3.05) is 18.4 Å². The number of hydrogen-bond donors (Lipinski definition) is 1. The number of halogens is 2. The van der Waals surface area contributed by atoms with E-state index in [0.29, 0.717) is 0 Å². The molecule has 170 valence electrons. The van der Waals surface area contributed by atoms with Crippen LogP contribution in [0.1, 0.15) is 57.4 Å². The molecule has 2 aromatic heterocycles. The molecule has 1 aromatic carbocycles. The van der Waals surface area contributed by atoms with Gasteiger partial charge in [-0.25, -0.2) is 0 Å². The highest BCUT2D eigenvalue weighted by atomic mass is 32.1. The van der Waals surface area contributed by atoms with Crippen LogP contribution in [-0.2, 0) is 0 Å². The van der Waals surface area contributed by atoms with Gasteiger partial charge in [0, 0.05) is 10.4 Å². The zero-order valence-electron chi connectivity index (χ0n) is 18.1. The number of thiophene rings is 1. The van der Waals surface area contributed by atoms with E-state index < -0.39 is 6.61 Å². The number of nitrogens with one attached hydrogen (secondary N) is 1. The summed E-state index contributed by atoms with van der Waals surface area (Å²) in [4.78, 5) is 16.3. The Bertz CT molecular complexity index is 1040. The number of piperidine rings is 1. The van der Waals surface area contributed by atoms with Crippen LogP contribution < -0.4 is 10.1 Å². The Morgan fingerprint density at radius 1 is 1.12 bits per heavy atom. The number of hydrogen-bond acceptors (Lipinski definition) is 5. The van der Waals surface area contributed by atoms with Crippen LogP contribution in [0.15, 0.2) is 47.1 Å². The lowest BCUT2D eigenvalue weighted by Crippen LogP contribution is -2.35. The minimum Gasteiger partial charge on any atom is -0.459 e. The highest BCUT2D eigenvalue weighted by Crippen LogP contribution is 2.43. The first-order valence-electron chi connectivity index (χ1n) is 10.7. The number of anilines is 1. The zero-order chi connectivity index (χ0) is 22.7. The van der Waals surface area contributed by atoms with Gasteiger partial charge >= 0.3 is 6.61 Å². The molecule has 1 N–H and O–H groups in total. The summed E-state index contributed by atoms with van der Waals surface area (Å²) in [6, 6.07) is 10.0. The second kappa shape index (κ2) is 9.83. The third kappa shape index (κ3) is 4.86. The summed E-state index contributed by atoms with van der Waals surface area (Å²) in [5.41, 5.74) is 3.13. The van der Waals surface area contributed by atoms with Gasteiger partial charge in [0.05, 0.1) is 12.3 Å². The Hall–Kier alpha value is -2.71. The first kappa shape index (κ1) is 22.5. The summed E-state index contributed by atoms with van der Waals surface area (Å²) in [6.45, 7) is 3.11. The molecule has 1 saturated heterocycles. The lowest BCUT2D eigenvalue weighted by molar-refractivity contribution is -0.0498. The lowest BCUT2D eigenvalue weighted by Gasteiger charge is -2.36. The summed E-state index contributed by atoms with van der Waals surface area (Å²) in [6.07, 6.45) is 4.85. The maximum absolute atomic E-state index is 12.7. The van der Waals surface area contributed by atoms with E-state index in [4.69, 9.17) is 4.42 Å². The van der Waals surface area contributed by atoms with Gasteiger partial charge in [-0.2, -0.15) is 8.78 Å². The van der Waals surface area contributed by atoms with Crippen molar-refractivity contribution in [2.45, 2.75) is 45.8 Å². The van der Waals surface area contributed by atoms with Crippen molar-refractivity contribution in [1.82, 2.24) is 4.90 Å². The van der Waals surface area contributed by atoms with Crippen molar-refractivity contribution >= 4 is 22.2 Å². The van der Waals surface area contributed by atoms with E-state index in [1.54, 1.807) is 35.6 Å². The van der Waals surface area contributed by atoms with Crippen LogP contribution in [0.5, 0.6) is 5.75 Å². The van der Waals surface area contributed by atoms with E-state index in [1.807, 2.05) is 19.1 Å². The number of alkyl halides is 2. The molecule has 32 heavy (non-hydrogen) atoms. The smallest absolute Gasteiger partial charge is 0.387 e. The van der Waals surface area contributed by atoms with Crippen LogP contribution >= 0.6 is 11.3 Å². The molecule has 1 aliphatic heterocycles. The lowest BCUT2D eigenvalue weighted by atomic mass is 9.93. The number of benzene rings is 1. The summed E-state index contributed by atoms with van der Waals surface area (Å²) in [7, 11) is 0. The number of rotatable bonds is 7.